The van der Waals surface area contributed by atoms with Gasteiger partial charge in [-0.3, -0.25) is 4.99 Å². The molecule has 0 aliphatic carbocycles. The number of thioether (sulfide) groups is 1. The van der Waals surface area contributed by atoms with E-state index in [0.717, 1.165) is 0 Å². The highest BCUT2D eigenvalue weighted by molar-refractivity contribution is 8.14. The van der Waals surface area contributed by atoms with Crippen LogP contribution in [0.1, 0.15) is 27.2 Å². The van der Waals surface area contributed by atoms with Gasteiger partial charge in [0.1, 0.15) is 0 Å². The zero-order chi connectivity index (χ0) is 8.97. The van der Waals surface area contributed by atoms with E-state index < -0.39 is 0 Å². The standard InChI is InChI=1S/C10H17NS/c1-4-9-7-12-10(11-9)6-5-8(2)3/h5-6,8-9H,4,7H2,1-3H3/b6-5+/t9-/m1/s1. The van der Waals surface area contributed by atoms with Gasteiger partial charge in [-0.25, -0.2) is 0 Å². The van der Waals surface area contributed by atoms with Crippen LogP contribution in [-0.4, -0.2) is 16.8 Å². The molecule has 0 radical (unpaired) electrons. The van der Waals surface area contributed by atoms with Crippen LogP contribution in [0.25, 0.3) is 0 Å². The first-order chi connectivity index (χ1) is 5.72. The van der Waals surface area contributed by atoms with Crippen molar-refractivity contribution in [1.29, 1.82) is 0 Å². The number of hydrogen-bond acceptors (Lipinski definition) is 2. The van der Waals surface area contributed by atoms with E-state index >= 15 is 0 Å². The third kappa shape index (κ3) is 3.02. The van der Waals surface area contributed by atoms with Crippen molar-refractivity contribution in [2.24, 2.45) is 10.9 Å². The lowest BCUT2D eigenvalue weighted by atomic mass is 10.2. The van der Waals surface area contributed by atoms with Crippen LogP contribution >= 0.6 is 11.8 Å². The smallest absolute Gasteiger partial charge is 0.0905 e. The van der Waals surface area contributed by atoms with Gasteiger partial charge in [-0.2, -0.15) is 0 Å². The number of rotatable bonds is 3. The fraction of sp³-hybridized carbons (Fsp3) is 0.700. The first kappa shape index (κ1) is 9.85. The Morgan fingerprint density at radius 2 is 2.42 bits per heavy atom. The first-order valence-corrected chi connectivity index (χ1v) is 5.59. The minimum Gasteiger partial charge on any atom is -0.274 e. The molecule has 0 unspecified atom stereocenters. The van der Waals surface area contributed by atoms with Gasteiger partial charge in [0, 0.05) is 5.75 Å². The van der Waals surface area contributed by atoms with E-state index in [-0.39, 0.29) is 0 Å². The summed E-state index contributed by atoms with van der Waals surface area (Å²) in [5, 5.41) is 1.22. The van der Waals surface area contributed by atoms with Crippen LogP contribution in [0.15, 0.2) is 17.1 Å². The molecular formula is C10H17NS. The summed E-state index contributed by atoms with van der Waals surface area (Å²) in [6.45, 7) is 6.58. The Labute approximate surface area is 79.3 Å². The summed E-state index contributed by atoms with van der Waals surface area (Å²) in [6, 6.07) is 0.571. The second-order valence-electron chi connectivity index (χ2n) is 3.44. The number of allylic oxidation sites excluding steroid dienone is 1. The van der Waals surface area contributed by atoms with Gasteiger partial charge in [0.25, 0.3) is 0 Å². The molecule has 1 heterocycles. The topological polar surface area (TPSA) is 12.4 Å². The van der Waals surface area contributed by atoms with Crippen molar-refractivity contribution in [3.63, 3.8) is 0 Å². The molecule has 1 nitrogen and oxygen atoms in total. The highest BCUT2D eigenvalue weighted by atomic mass is 32.2. The maximum atomic E-state index is 4.57. The second kappa shape index (κ2) is 4.70. The van der Waals surface area contributed by atoms with E-state index in [4.69, 9.17) is 0 Å². The Kier molecular flexibility index (Phi) is 3.86. The third-order valence-electron chi connectivity index (χ3n) is 1.83. The van der Waals surface area contributed by atoms with E-state index in [0.29, 0.717) is 12.0 Å². The predicted molar refractivity (Wildman–Crippen MR) is 58.0 cm³/mol. The van der Waals surface area contributed by atoms with Crippen molar-refractivity contribution < 1.29 is 0 Å². The van der Waals surface area contributed by atoms with Crippen molar-refractivity contribution in [2.45, 2.75) is 33.2 Å². The summed E-state index contributed by atoms with van der Waals surface area (Å²) in [5.74, 6) is 1.81. The van der Waals surface area contributed by atoms with Crippen molar-refractivity contribution in [3.05, 3.63) is 12.2 Å². The normalized spacial score (nSPS) is 24.0. The minimum atomic E-state index is 0.571. The van der Waals surface area contributed by atoms with E-state index in [1.807, 2.05) is 11.8 Å². The fourth-order valence-electron chi connectivity index (χ4n) is 1.01. The molecule has 1 atom stereocenters. The van der Waals surface area contributed by atoms with E-state index in [1.54, 1.807) is 0 Å². The van der Waals surface area contributed by atoms with Crippen LogP contribution in [0.2, 0.25) is 0 Å². The number of hydrogen-bond donors (Lipinski definition) is 0. The lowest BCUT2D eigenvalue weighted by Gasteiger charge is -1.96. The molecule has 0 saturated heterocycles. The van der Waals surface area contributed by atoms with Crippen LogP contribution in [0.4, 0.5) is 0 Å². The molecule has 1 rings (SSSR count). The molecule has 12 heavy (non-hydrogen) atoms. The molecular weight excluding hydrogens is 166 g/mol. The van der Waals surface area contributed by atoms with Crippen molar-refractivity contribution in [2.75, 3.05) is 5.75 Å². The van der Waals surface area contributed by atoms with Gasteiger partial charge in [0.2, 0.25) is 0 Å². The minimum absolute atomic E-state index is 0.571. The molecule has 0 N–H and O–H groups in total. The van der Waals surface area contributed by atoms with Crippen LogP contribution in [0.5, 0.6) is 0 Å². The predicted octanol–water partition coefficient (Wildman–Crippen LogP) is 3.12. The van der Waals surface area contributed by atoms with Crippen molar-refractivity contribution in [1.82, 2.24) is 0 Å². The Bertz CT molecular complexity index is 194. The largest absolute Gasteiger partial charge is 0.274 e. The Balaban J connectivity index is 2.44. The van der Waals surface area contributed by atoms with Gasteiger partial charge >= 0.3 is 0 Å². The summed E-state index contributed by atoms with van der Waals surface area (Å²) >= 11 is 1.88. The summed E-state index contributed by atoms with van der Waals surface area (Å²) in [6.07, 6.45) is 5.54. The van der Waals surface area contributed by atoms with Gasteiger partial charge in [-0.05, 0) is 18.4 Å². The molecule has 0 aromatic carbocycles. The lowest BCUT2D eigenvalue weighted by molar-refractivity contribution is 0.738. The first-order valence-electron chi connectivity index (χ1n) is 4.61. The molecule has 0 saturated carbocycles. The molecule has 0 amide bonds. The average Bonchev–Trinajstić information content (AvgIpc) is 2.48. The Morgan fingerprint density at radius 3 is 2.92 bits per heavy atom. The molecule has 1 aliphatic rings. The lowest BCUT2D eigenvalue weighted by Crippen LogP contribution is -1.99. The Morgan fingerprint density at radius 1 is 1.67 bits per heavy atom. The molecule has 0 spiro atoms. The number of aliphatic imine (C=N–C) groups is 1. The number of nitrogens with zero attached hydrogens (tertiary/aromatic N) is 1. The maximum Gasteiger partial charge on any atom is 0.0905 e. The molecule has 0 aromatic heterocycles. The van der Waals surface area contributed by atoms with E-state index in [9.17, 15) is 0 Å². The van der Waals surface area contributed by atoms with Crippen LogP contribution < -0.4 is 0 Å². The monoisotopic (exact) mass is 183 g/mol. The zero-order valence-electron chi connectivity index (χ0n) is 8.08. The SMILES string of the molecule is CC[C@@H]1CSC(/C=C/C(C)C)=N1. The van der Waals surface area contributed by atoms with Gasteiger partial charge in [0.15, 0.2) is 0 Å². The van der Waals surface area contributed by atoms with E-state index in [2.05, 4.69) is 37.9 Å². The molecule has 0 bridgehead atoms. The molecule has 0 aromatic rings. The van der Waals surface area contributed by atoms with E-state index in [1.165, 1.54) is 17.2 Å². The zero-order valence-corrected chi connectivity index (χ0v) is 8.90. The summed E-state index contributed by atoms with van der Waals surface area (Å²) in [7, 11) is 0. The summed E-state index contributed by atoms with van der Waals surface area (Å²) in [4.78, 5) is 4.57. The van der Waals surface area contributed by atoms with Gasteiger partial charge < -0.3 is 0 Å². The maximum absolute atomic E-state index is 4.57. The Hall–Kier alpha value is -0.240. The van der Waals surface area contributed by atoms with Gasteiger partial charge in [-0.15, -0.1) is 11.8 Å². The highest BCUT2D eigenvalue weighted by Crippen LogP contribution is 2.20. The van der Waals surface area contributed by atoms with Crippen LogP contribution in [-0.2, 0) is 0 Å². The molecule has 2 heteroatoms. The average molecular weight is 183 g/mol. The molecule has 1 aliphatic heterocycles. The van der Waals surface area contributed by atoms with Crippen LogP contribution in [0, 0.1) is 5.92 Å². The van der Waals surface area contributed by atoms with Crippen molar-refractivity contribution >= 4 is 16.8 Å². The van der Waals surface area contributed by atoms with Crippen LogP contribution in [0.3, 0.4) is 0 Å². The highest BCUT2D eigenvalue weighted by Gasteiger charge is 2.13. The second-order valence-corrected chi connectivity index (χ2v) is 4.48. The quantitative estimate of drug-likeness (QED) is 0.655. The third-order valence-corrected chi connectivity index (χ3v) is 2.92. The summed E-state index contributed by atoms with van der Waals surface area (Å²) < 4.78 is 0. The summed E-state index contributed by atoms with van der Waals surface area (Å²) in [5.41, 5.74) is 0. The van der Waals surface area contributed by atoms with Crippen molar-refractivity contribution in [3.8, 4) is 0 Å². The van der Waals surface area contributed by atoms with Gasteiger partial charge in [-0.1, -0.05) is 26.8 Å². The molecule has 0 fully saturated rings. The fourth-order valence-corrected chi connectivity index (χ4v) is 2.08. The van der Waals surface area contributed by atoms with Gasteiger partial charge in [0.05, 0.1) is 11.1 Å². The molecule has 68 valence electrons.